The van der Waals surface area contributed by atoms with Crippen LogP contribution in [0.15, 0.2) is 70.2 Å². The van der Waals surface area contributed by atoms with Crippen LogP contribution in [-0.4, -0.2) is 23.3 Å². The van der Waals surface area contributed by atoms with Crippen molar-refractivity contribution in [3.05, 3.63) is 75.7 Å². The van der Waals surface area contributed by atoms with Crippen LogP contribution in [0.1, 0.15) is 12.5 Å². The second-order valence-corrected chi connectivity index (χ2v) is 8.02. The molecule has 4 aromatic rings. The standard InChI is InChI=1S/C23H19BrClN3O2/c1-2-28-20-6-4-3-5-17(20)18-11-15(7-9-21(18)28)13-26-27-23(29)14-30-22-10-8-16(24)12-19(22)25/h3-13H,2,14H2,1H3,(H,27,29). The quantitative estimate of drug-likeness (QED) is 0.279. The number of carbonyl (C=O) groups excluding carboxylic acids is 1. The minimum Gasteiger partial charge on any atom is -0.482 e. The lowest BCUT2D eigenvalue weighted by Crippen LogP contribution is -2.24. The molecule has 30 heavy (non-hydrogen) atoms. The Bertz CT molecular complexity index is 1270. The summed E-state index contributed by atoms with van der Waals surface area (Å²) < 4.78 is 8.57. The van der Waals surface area contributed by atoms with Gasteiger partial charge in [0.15, 0.2) is 6.61 Å². The number of hydrogen-bond acceptors (Lipinski definition) is 3. The summed E-state index contributed by atoms with van der Waals surface area (Å²) in [5.74, 6) is 0.0747. The fourth-order valence-electron chi connectivity index (χ4n) is 3.44. The van der Waals surface area contributed by atoms with Crippen molar-refractivity contribution in [2.24, 2.45) is 5.10 Å². The molecule has 1 aromatic heterocycles. The Hall–Kier alpha value is -2.83. The van der Waals surface area contributed by atoms with Crippen LogP contribution in [0.5, 0.6) is 5.75 Å². The molecule has 1 amide bonds. The van der Waals surface area contributed by atoms with Crippen LogP contribution in [0.2, 0.25) is 5.02 Å². The summed E-state index contributed by atoms with van der Waals surface area (Å²) in [5, 5.41) is 6.85. The predicted molar refractivity (Wildman–Crippen MR) is 126 cm³/mol. The van der Waals surface area contributed by atoms with Crippen LogP contribution < -0.4 is 10.2 Å². The summed E-state index contributed by atoms with van der Waals surface area (Å²) in [6.07, 6.45) is 1.63. The Morgan fingerprint density at radius 1 is 1.13 bits per heavy atom. The molecule has 7 heteroatoms. The Kier molecular flexibility index (Phi) is 6.06. The number of carbonyl (C=O) groups is 1. The van der Waals surface area contributed by atoms with Crippen molar-refractivity contribution in [3.63, 3.8) is 0 Å². The third kappa shape index (κ3) is 4.20. The first-order chi connectivity index (χ1) is 14.6. The largest absolute Gasteiger partial charge is 0.482 e. The van der Waals surface area contributed by atoms with Crippen LogP contribution in [-0.2, 0) is 11.3 Å². The molecule has 0 fully saturated rings. The van der Waals surface area contributed by atoms with Gasteiger partial charge in [-0.15, -0.1) is 0 Å². The van der Waals surface area contributed by atoms with E-state index in [-0.39, 0.29) is 12.5 Å². The number of benzene rings is 3. The molecule has 0 saturated carbocycles. The first-order valence-corrected chi connectivity index (χ1v) is 10.6. The summed E-state index contributed by atoms with van der Waals surface area (Å²) in [6, 6.07) is 19.7. The Labute approximate surface area is 187 Å². The SMILES string of the molecule is CCn1c2ccccc2c2cc(C=NNC(=O)COc3ccc(Br)cc3Cl)ccc21. The van der Waals surface area contributed by atoms with Gasteiger partial charge >= 0.3 is 0 Å². The first kappa shape index (κ1) is 20.4. The van der Waals surface area contributed by atoms with E-state index in [0.29, 0.717) is 10.8 Å². The summed E-state index contributed by atoms with van der Waals surface area (Å²) in [6.45, 7) is 2.86. The molecule has 0 unspecified atom stereocenters. The predicted octanol–water partition coefficient (Wildman–Crippen LogP) is 5.76. The van der Waals surface area contributed by atoms with Gasteiger partial charge in [-0.25, -0.2) is 5.43 Å². The van der Waals surface area contributed by atoms with Gasteiger partial charge in [-0.3, -0.25) is 4.79 Å². The summed E-state index contributed by atoms with van der Waals surface area (Å²) in [4.78, 5) is 12.0. The van der Waals surface area contributed by atoms with Crippen molar-refractivity contribution in [1.82, 2.24) is 9.99 Å². The molecule has 0 radical (unpaired) electrons. The van der Waals surface area contributed by atoms with Gasteiger partial charge in [0.05, 0.1) is 11.2 Å². The second-order valence-electron chi connectivity index (χ2n) is 6.69. The molecule has 0 aliphatic rings. The Balaban J connectivity index is 1.45. The van der Waals surface area contributed by atoms with Crippen LogP contribution in [0.25, 0.3) is 21.8 Å². The van der Waals surface area contributed by atoms with E-state index in [2.05, 4.69) is 68.3 Å². The van der Waals surface area contributed by atoms with Crippen molar-refractivity contribution in [1.29, 1.82) is 0 Å². The number of para-hydroxylation sites is 1. The average Bonchev–Trinajstić information content (AvgIpc) is 3.06. The van der Waals surface area contributed by atoms with E-state index in [1.807, 2.05) is 12.1 Å². The van der Waals surface area contributed by atoms with Crippen molar-refractivity contribution in [2.75, 3.05) is 6.61 Å². The second kappa shape index (κ2) is 8.90. The summed E-state index contributed by atoms with van der Waals surface area (Å²) in [5.41, 5.74) is 5.77. The number of nitrogens with one attached hydrogen (secondary N) is 1. The van der Waals surface area contributed by atoms with E-state index < -0.39 is 0 Å². The van der Waals surface area contributed by atoms with Crippen molar-refractivity contribution < 1.29 is 9.53 Å². The number of nitrogens with zero attached hydrogens (tertiary/aromatic N) is 2. The van der Waals surface area contributed by atoms with Gasteiger partial charge < -0.3 is 9.30 Å². The Morgan fingerprint density at radius 3 is 2.73 bits per heavy atom. The van der Waals surface area contributed by atoms with Crippen molar-refractivity contribution >= 4 is 61.5 Å². The maximum absolute atomic E-state index is 12.0. The van der Waals surface area contributed by atoms with Crippen LogP contribution >= 0.6 is 27.5 Å². The van der Waals surface area contributed by atoms with Gasteiger partial charge in [-0.2, -0.15) is 5.10 Å². The van der Waals surface area contributed by atoms with Gasteiger partial charge in [0.1, 0.15) is 5.75 Å². The molecule has 5 nitrogen and oxygen atoms in total. The molecule has 1 heterocycles. The van der Waals surface area contributed by atoms with Gasteiger partial charge in [0.25, 0.3) is 5.91 Å². The zero-order chi connectivity index (χ0) is 21.1. The van der Waals surface area contributed by atoms with E-state index in [9.17, 15) is 4.79 Å². The molecule has 0 aliphatic carbocycles. The van der Waals surface area contributed by atoms with E-state index in [1.165, 1.54) is 16.4 Å². The highest BCUT2D eigenvalue weighted by Crippen LogP contribution is 2.29. The zero-order valence-corrected chi connectivity index (χ0v) is 18.6. The highest BCUT2D eigenvalue weighted by atomic mass is 79.9. The molecule has 0 bridgehead atoms. The fraction of sp³-hybridized carbons (Fsp3) is 0.130. The van der Waals surface area contributed by atoms with Crippen molar-refractivity contribution in [3.8, 4) is 5.75 Å². The van der Waals surface area contributed by atoms with Gasteiger partial charge in [0.2, 0.25) is 0 Å². The van der Waals surface area contributed by atoms with Crippen LogP contribution in [0, 0.1) is 0 Å². The van der Waals surface area contributed by atoms with E-state index >= 15 is 0 Å². The molecular formula is C23H19BrClN3O2. The van der Waals surface area contributed by atoms with Crippen molar-refractivity contribution in [2.45, 2.75) is 13.5 Å². The number of halogens is 2. The molecule has 0 spiro atoms. The molecule has 1 N–H and O–H groups in total. The highest BCUT2D eigenvalue weighted by molar-refractivity contribution is 9.10. The fourth-order valence-corrected chi connectivity index (χ4v) is 4.17. The zero-order valence-electron chi connectivity index (χ0n) is 16.2. The van der Waals surface area contributed by atoms with Crippen LogP contribution in [0.3, 0.4) is 0 Å². The Morgan fingerprint density at radius 2 is 1.93 bits per heavy atom. The first-order valence-electron chi connectivity index (χ1n) is 9.47. The molecule has 4 rings (SSSR count). The molecular weight excluding hydrogens is 466 g/mol. The lowest BCUT2D eigenvalue weighted by atomic mass is 10.1. The van der Waals surface area contributed by atoms with E-state index in [4.69, 9.17) is 16.3 Å². The number of hydrogen-bond donors (Lipinski definition) is 1. The van der Waals surface area contributed by atoms with E-state index in [1.54, 1.807) is 24.4 Å². The number of aryl methyl sites for hydroxylation is 1. The molecule has 0 saturated heterocycles. The number of fused-ring (bicyclic) bond motifs is 3. The maximum Gasteiger partial charge on any atom is 0.277 e. The van der Waals surface area contributed by atoms with E-state index in [0.717, 1.165) is 22.0 Å². The maximum atomic E-state index is 12.0. The molecule has 152 valence electrons. The number of hydrazone groups is 1. The van der Waals surface area contributed by atoms with Gasteiger partial charge in [-0.05, 0) is 48.9 Å². The lowest BCUT2D eigenvalue weighted by Gasteiger charge is -2.07. The lowest BCUT2D eigenvalue weighted by molar-refractivity contribution is -0.123. The van der Waals surface area contributed by atoms with Crippen LogP contribution in [0.4, 0.5) is 0 Å². The molecule has 3 aromatic carbocycles. The number of rotatable bonds is 6. The topological polar surface area (TPSA) is 55.6 Å². The molecule has 0 atom stereocenters. The summed E-state index contributed by atoms with van der Waals surface area (Å²) >= 11 is 9.41. The minimum atomic E-state index is -0.367. The number of aromatic nitrogens is 1. The third-order valence-corrected chi connectivity index (χ3v) is 5.56. The normalized spacial score (nSPS) is 11.4. The molecule has 0 aliphatic heterocycles. The number of ether oxygens (including phenoxy) is 1. The monoisotopic (exact) mass is 483 g/mol. The highest BCUT2D eigenvalue weighted by Gasteiger charge is 2.09. The average molecular weight is 485 g/mol. The number of amides is 1. The van der Waals surface area contributed by atoms with Gasteiger partial charge in [0, 0.05) is 32.8 Å². The third-order valence-electron chi connectivity index (χ3n) is 4.77. The smallest absolute Gasteiger partial charge is 0.277 e. The summed E-state index contributed by atoms with van der Waals surface area (Å²) in [7, 11) is 0. The minimum absolute atomic E-state index is 0.179. The van der Waals surface area contributed by atoms with Gasteiger partial charge in [-0.1, -0.05) is 51.8 Å².